The molecular weight excluding hydrogens is 283 g/mol. The van der Waals surface area contributed by atoms with Crippen molar-refractivity contribution in [2.75, 3.05) is 21.1 Å². The molecule has 1 heterocycles. The fourth-order valence-corrected chi connectivity index (χ4v) is 3.05. The Morgan fingerprint density at radius 3 is 2.14 bits per heavy atom. The van der Waals surface area contributed by atoms with Gasteiger partial charge in [0.15, 0.2) is 5.76 Å². The van der Waals surface area contributed by atoms with Crippen LogP contribution in [-0.2, 0) is 0 Å². The monoisotopic (exact) mass is 306 g/mol. The summed E-state index contributed by atoms with van der Waals surface area (Å²) in [6.45, 7) is 4.02. The lowest BCUT2D eigenvalue weighted by atomic mass is 9.90. The Morgan fingerprint density at radius 2 is 1.68 bits per heavy atom. The molecule has 0 fully saturated rings. The third kappa shape index (κ3) is 2.63. The number of allylic oxidation sites excluding steroid dienone is 1. The average molecular weight is 306 g/mol. The van der Waals surface area contributed by atoms with Crippen LogP contribution in [-0.4, -0.2) is 47.2 Å². The molecule has 0 saturated carbocycles. The first-order chi connectivity index (χ1) is 10.3. The number of nitrogens with zero attached hydrogens (tertiary/aromatic N) is 2. The van der Waals surface area contributed by atoms with E-state index in [1.807, 2.05) is 39.9 Å². The molecule has 2 rings (SSSR count). The molecule has 1 atom stereocenters. The van der Waals surface area contributed by atoms with Crippen molar-refractivity contribution >= 4 is 5.57 Å². The van der Waals surface area contributed by atoms with Crippen molar-refractivity contribution < 1.29 is 14.6 Å². The topological polar surface area (TPSA) is 46.9 Å². The number of likely N-dealkylation sites (N-methyl/N-ethyl adjacent to an activating group) is 1. The van der Waals surface area contributed by atoms with Gasteiger partial charge in [-0.05, 0) is 23.6 Å². The van der Waals surface area contributed by atoms with Gasteiger partial charge in [0, 0.05) is 21.1 Å². The second-order valence-electron chi connectivity index (χ2n) is 6.13. The van der Waals surface area contributed by atoms with E-state index in [-0.39, 0.29) is 29.3 Å². The zero-order valence-electron chi connectivity index (χ0n) is 13.6. The number of aliphatic hydroxyl groups excluding tert-OH is 2. The fourth-order valence-electron chi connectivity index (χ4n) is 3.05. The predicted molar refractivity (Wildman–Crippen MR) is 85.7 cm³/mol. The molecule has 1 aromatic rings. The summed E-state index contributed by atoms with van der Waals surface area (Å²) >= 11 is 0. The van der Waals surface area contributed by atoms with E-state index in [0.29, 0.717) is 17.0 Å². The maximum Gasteiger partial charge on any atom is 0.167 e. The number of aliphatic hydroxyl groups is 2. The van der Waals surface area contributed by atoms with Crippen molar-refractivity contribution in [1.29, 1.82) is 0 Å². The van der Waals surface area contributed by atoms with Gasteiger partial charge in [-0.25, -0.2) is 4.39 Å². The summed E-state index contributed by atoms with van der Waals surface area (Å²) in [5, 5.41) is 21.3. The van der Waals surface area contributed by atoms with Crippen molar-refractivity contribution in [3.8, 4) is 0 Å². The van der Waals surface area contributed by atoms with Crippen LogP contribution < -0.4 is 0 Å². The highest BCUT2D eigenvalue weighted by atomic mass is 19.1. The Morgan fingerprint density at radius 1 is 1.14 bits per heavy atom. The summed E-state index contributed by atoms with van der Waals surface area (Å²) in [6, 6.07) is 5.51. The smallest absolute Gasteiger partial charge is 0.167 e. The maximum absolute atomic E-state index is 13.2. The summed E-state index contributed by atoms with van der Waals surface area (Å²) in [7, 11) is 5.52. The quantitative estimate of drug-likeness (QED) is 0.899. The summed E-state index contributed by atoms with van der Waals surface area (Å²) in [5.41, 5.74) is 0.954. The van der Waals surface area contributed by atoms with E-state index in [1.165, 1.54) is 12.1 Å². The van der Waals surface area contributed by atoms with E-state index in [2.05, 4.69) is 0 Å². The normalized spacial score (nSPS) is 19.2. The molecule has 0 aliphatic carbocycles. The lowest BCUT2D eigenvalue weighted by Gasteiger charge is -2.41. The number of hydrogen-bond donors (Lipinski definition) is 2. The largest absolute Gasteiger partial charge is 0.509 e. The van der Waals surface area contributed by atoms with Crippen LogP contribution >= 0.6 is 0 Å². The molecule has 4 nitrogen and oxygen atoms in total. The summed E-state index contributed by atoms with van der Waals surface area (Å²) in [4.78, 5) is 3.67. The second-order valence-corrected chi connectivity index (χ2v) is 6.13. The Kier molecular flexibility index (Phi) is 4.35. The van der Waals surface area contributed by atoms with Gasteiger partial charge < -0.3 is 20.0 Å². The standard InChI is InChI=1S/C17H23FN2O2/c1-10(2)14-15(21)13(11-6-8-12(18)9-7-11)16(22)17(19(3)4)20(14)5/h6-10,14,21-22H,1-5H3. The zero-order chi connectivity index (χ0) is 16.6. The van der Waals surface area contributed by atoms with Crippen LogP contribution in [0.4, 0.5) is 4.39 Å². The van der Waals surface area contributed by atoms with Crippen LogP contribution in [0.25, 0.3) is 5.57 Å². The van der Waals surface area contributed by atoms with E-state index in [9.17, 15) is 14.6 Å². The highest BCUT2D eigenvalue weighted by Crippen LogP contribution is 2.37. The van der Waals surface area contributed by atoms with Gasteiger partial charge in [0.2, 0.25) is 0 Å². The van der Waals surface area contributed by atoms with Gasteiger partial charge in [0.1, 0.15) is 17.4 Å². The van der Waals surface area contributed by atoms with Crippen molar-refractivity contribution in [3.05, 3.63) is 53.0 Å². The molecule has 5 heteroatoms. The van der Waals surface area contributed by atoms with Crippen molar-refractivity contribution in [3.63, 3.8) is 0 Å². The fraction of sp³-hybridized carbons (Fsp3) is 0.412. The lowest BCUT2D eigenvalue weighted by molar-refractivity contribution is 0.149. The van der Waals surface area contributed by atoms with Gasteiger partial charge in [-0.1, -0.05) is 26.0 Å². The summed E-state index contributed by atoms with van der Waals surface area (Å²) in [5.74, 6) is 0.508. The number of rotatable bonds is 3. The molecular formula is C17H23FN2O2. The molecule has 2 N–H and O–H groups in total. The first-order valence-electron chi connectivity index (χ1n) is 7.28. The number of benzene rings is 1. The average Bonchev–Trinajstić information content (AvgIpc) is 2.39. The molecule has 0 bridgehead atoms. The van der Waals surface area contributed by atoms with Crippen LogP contribution in [0.5, 0.6) is 0 Å². The maximum atomic E-state index is 13.2. The van der Waals surface area contributed by atoms with Crippen LogP contribution in [0.1, 0.15) is 19.4 Å². The van der Waals surface area contributed by atoms with Gasteiger partial charge in [-0.15, -0.1) is 0 Å². The van der Waals surface area contributed by atoms with Crippen LogP contribution in [0.15, 0.2) is 41.6 Å². The van der Waals surface area contributed by atoms with Crippen molar-refractivity contribution in [2.45, 2.75) is 19.9 Å². The summed E-state index contributed by atoms with van der Waals surface area (Å²) in [6.07, 6.45) is 0. The van der Waals surface area contributed by atoms with Gasteiger partial charge >= 0.3 is 0 Å². The molecule has 0 spiro atoms. The molecule has 1 aliphatic rings. The third-order valence-corrected chi connectivity index (χ3v) is 3.92. The SMILES string of the molecule is CC(C)C1C(O)=C(c2ccc(F)cc2)C(O)=C(N(C)C)N1C. The van der Waals surface area contributed by atoms with E-state index >= 15 is 0 Å². The molecule has 0 radical (unpaired) electrons. The molecule has 22 heavy (non-hydrogen) atoms. The second kappa shape index (κ2) is 5.91. The zero-order valence-corrected chi connectivity index (χ0v) is 13.6. The van der Waals surface area contributed by atoms with Gasteiger partial charge in [-0.3, -0.25) is 0 Å². The first kappa shape index (κ1) is 16.2. The van der Waals surface area contributed by atoms with E-state index in [1.54, 1.807) is 17.0 Å². The number of hydrogen-bond acceptors (Lipinski definition) is 4. The minimum Gasteiger partial charge on any atom is -0.509 e. The van der Waals surface area contributed by atoms with Crippen LogP contribution in [0.3, 0.4) is 0 Å². The minimum atomic E-state index is -0.353. The molecule has 0 aromatic heterocycles. The first-order valence-corrected chi connectivity index (χ1v) is 7.28. The molecule has 0 saturated heterocycles. The van der Waals surface area contributed by atoms with Crippen LogP contribution in [0, 0.1) is 11.7 Å². The van der Waals surface area contributed by atoms with Gasteiger partial charge in [0.25, 0.3) is 0 Å². The van der Waals surface area contributed by atoms with Crippen molar-refractivity contribution in [2.24, 2.45) is 5.92 Å². The van der Waals surface area contributed by atoms with E-state index in [0.717, 1.165) is 0 Å². The number of halogens is 1. The Labute approximate surface area is 130 Å². The molecule has 1 aromatic carbocycles. The highest BCUT2D eigenvalue weighted by Gasteiger charge is 2.36. The molecule has 1 aliphatic heterocycles. The third-order valence-electron chi connectivity index (χ3n) is 3.92. The molecule has 1 unspecified atom stereocenters. The predicted octanol–water partition coefficient (Wildman–Crippen LogP) is 3.35. The van der Waals surface area contributed by atoms with Gasteiger partial charge in [-0.2, -0.15) is 0 Å². The molecule has 0 amide bonds. The Balaban J connectivity index is 2.67. The minimum absolute atomic E-state index is 0.00601. The van der Waals surface area contributed by atoms with Gasteiger partial charge in [0.05, 0.1) is 11.6 Å². The van der Waals surface area contributed by atoms with Crippen LogP contribution in [0.2, 0.25) is 0 Å². The lowest BCUT2D eigenvalue weighted by Crippen LogP contribution is -2.44. The summed E-state index contributed by atoms with van der Waals surface area (Å²) < 4.78 is 13.2. The Bertz CT molecular complexity index is 618. The van der Waals surface area contributed by atoms with Crippen molar-refractivity contribution in [1.82, 2.24) is 9.80 Å². The Hall–Kier alpha value is -2.17. The molecule has 120 valence electrons. The highest BCUT2D eigenvalue weighted by molar-refractivity contribution is 5.80. The van der Waals surface area contributed by atoms with E-state index in [4.69, 9.17) is 0 Å². The van der Waals surface area contributed by atoms with E-state index < -0.39 is 0 Å².